The molecule has 1 atom stereocenters. The van der Waals surface area contributed by atoms with E-state index in [2.05, 4.69) is 10.3 Å². The largest absolute Gasteiger partial charge is 0.343 e. The Hall–Kier alpha value is -1.14. The SMILES string of the molecule is CC(CC(=O)NN)N1CCN(C)C(=O)C1(C)C. The van der Waals surface area contributed by atoms with Crippen LogP contribution in [0.3, 0.4) is 0 Å². The molecule has 6 heteroatoms. The molecule has 1 heterocycles. The third kappa shape index (κ3) is 2.76. The predicted molar refractivity (Wildman–Crippen MR) is 64.8 cm³/mol. The van der Waals surface area contributed by atoms with Crippen molar-refractivity contribution in [2.45, 2.75) is 38.8 Å². The molecule has 1 fully saturated rings. The van der Waals surface area contributed by atoms with Gasteiger partial charge in [0, 0.05) is 32.6 Å². The molecule has 3 N–H and O–H groups in total. The van der Waals surface area contributed by atoms with E-state index in [0.717, 1.165) is 6.54 Å². The van der Waals surface area contributed by atoms with Crippen LogP contribution in [-0.4, -0.2) is 53.3 Å². The van der Waals surface area contributed by atoms with Gasteiger partial charge in [0.25, 0.3) is 0 Å². The second-order valence-electron chi connectivity index (χ2n) is 5.10. The van der Waals surface area contributed by atoms with Crippen LogP contribution in [0.1, 0.15) is 27.2 Å². The smallest absolute Gasteiger partial charge is 0.242 e. The summed E-state index contributed by atoms with van der Waals surface area (Å²) in [7, 11) is 1.80. The zero-order valence-corrected chi connectivity index (χ0v) is 11.0. The lowest BCUT2D eigenvalue weighted by Gasteiger charge is -2.47. The molecule has 1 saturated heterocycles. The van der Waals surface area contributed by atoms with Gasteiger partial charge in [0.15, 0.2) is 0 Å². The van der Waals surface area contributed by atoms with Crippen molar-refractivity contribution in [2.75, 3.05) is 20.1 Å². The number of amides is 2. The highest BCUT2D eigenvalue weighted by atomic mass is 16.2. The first kappa shape index (κ1) is 13.9. The number of carbonyl (C=O) groups is 2. The number of likely N-dealkylation sites (N-methyl/N-ethyl adjacent to an activating group) is 1. The van der Waals surface area contributed by atoms with Crippen LogP contribution in [-0.2, 0) is 9.59 Å². The highest BCUT2D eigenvalue weighted by Gasteiger charge is 2.42. The van der Waals surface area contributed by atoms with Crippen LogP contribution >= 0.6 is 0 Å². The van der Waals surface area contributed by atoms with Gasteiger partial charge in [0.1, 0.15) is 0 Å². The van der Waals surface area contributed by atoms with Crippen molar-refractivity contribution in [3.63, 3.8) is 0 Å². The van der Waals surface area contributed by atoms with Crippen molar-refractivity contribution in [3.05, 3.63) is 0 Å². The third-order valence-electron chi connectivity index (χ3n) is 3.44. The topological polar surface area (TPSA) is 78.7 Å². The molecule has 1 aliphatic heterocycles. The maximum absolute atomic E-state index is 12.1. The molecule has 0 bridgehead atoms. The van der Waals surface area contributed by atoms with Gasteiger partial charge < -0.3 is 4.90 Å². The molecule has 0 aromatic heterocycles. The van der Waals surface area contributed by atoms with E-state index in [1.165, 1.54) is 0 Å². The second kappa shape index (κ2) is 5.01. The van der Waals surface area contributed by atoms with Gasteiger partial charge in [-0.15, -0.1) is 0 Å². The number of nitrogens with one attached hydrogen (secondary N) is 1. The van der Waals surface area contributed by atoms with E-state index >= 15 is 0 Å². The molecular weight excluding hydrogens is 220 g/mol. The summed E-state index contributed by atoms with van der Waals surface area (Å²) in [5.41, 5.74) is 1.55. The molecule has 17 heavy (non-hydrogen) atoms. The Morgan fingerprint density at radius 1 is 1.53 bits per heavy atom. The lowest BCUT2D eigenvalue weighted by molar-refractivity contribution is -0.150. The van der Waals surface area contributed by atoms with Crippen LogP contribution in [0.5, 0.6) is 0 Å². The lowest BCUT2D eigenvalue weighted by atomic mass is 9.95. The van der Waals surface area contributed by atoms with Crippen molar-refractivity contribution in [3.8, 4) is 0 Å². The number of piperazine rings is 1. The average Bonchev–Trinajstić information content (AvgIpc) is 2.25. The van der Waals surface area contributed by atoms with Gasteiger partial charge in [-0.05, 0) is 20.8 Å². The van der Waals surface area contributed by atoms with Gasteiger partial charge in [-0.25, -0.2) is 5.84 Å². The summed E-state index contributed by atoms with van der Waals surface area (Å²) in [4.78, 5) is 27.1. The molecular formula is C11H22N4O2. The molecule has 2 amide bonds. The maximum Gasteiger partial charge on any atom is 0.242 e. The number of hydrazine groups is 1. The zero-order valence-electron chi connectivity index (χ0n) is 11.0. The predicted octanol–water partition coefficient (Wildman–Crippen LogP) is -0.692. The van der Waals surface area contributed by atoms with Gasteiger partial charge in [-0.2, -0.15) is 0 Å². The van der Waals surface area contributed by atoms with Gasteiger partial charge in [0.2, 0.25) is 11.8 Å². The van der Waals surface area contributed by atoms with Crippen LogP contribution < -0.4 is 11.3 Å². The van der Waals surface area contributed by atoms with Gasteiger partial charge in [-0.3, -0.25) is 19.9 Å². The fourth-order valence-electron chi connectivity index (χ4n) is 2.44. The minimum atomic E-state index is -0.568. The average molecular weight is 242 g/mol. The molecule has 6 nitrogen and oxygen atoms in total. The molecule has 0 radical (unpaired) electrons. The fourth-order valence-corrected chi connectivity index (χ4v) is 2.44. The minimum absolute atomic E-state index is 0.00815. The quantitative estimate of drug-likeness (QED) is 0.390. The Morgan fingerprint density at radius 3 is 2.65 bits per heavy atom. The molecule has 1 rings (SSSR count). The number of rotatable bonds is 3. The molecule has 0 saturated carbocycles. The van der Waals surface area contributed by atoms with Gasteiger partial charge in [0.05, 0.1) is 5.54 Å². The Balaban J connectivity index is 2.76. The van der Waals surface area contributed by atoms with Crippen LogP contribution in [0.4, 0.5) is 0 Å². The molecule has 1 aliphatic rings. The van der Waals surface area contributed by atoms with Crippen LogP contribution in [0.2, 0.25) is 0 Å². The Bertz CT molecular complexity index is 317. The molecule has 0 aromatic rings. The van der Waals surface area contributed by atoms with Crippen molar-refractivity contribution in [1.29, 1.82) is 0 Å². The van der Waals surface area contributed by atoms with Crippen LogP contribution in [0.15, 0.2) is 0 Å². The second-order valence-corrected chi connectivity index (χ2v) is 5.10. The van der Waals surface area contributed by atoms with E-state index in [1.54, 1.807) is 11.9 Å². The highest BCUT2D eigenvalue weighted by molar-refractivity contribution is 5.86. The summed E-state index contributed by atoms with van der Waals surface area (Å²) in [5.74, 6) is 4.95. The van der Waals surface area contributed by atoms with Gasteiger partial charge in [-0.1, -0.05) is 0 Å². The minimum Gasteiger partial charge on any atom is -0.343 e. The molecule has 1 unspecified atom stereocenters. The molecule has 0 aromatic carbocycles. The lowest BCUT2D eigenvalue weighted by Crippen LogP contribution is -2.64. The van der Waals surface area contributed by atoms with E-state index < -0.39 is 5.54 Å². The Morgan fingerprint density at radius 2 is 2.12 bits per heavy atom. The molecule has 0 aliphatic carbocycles. The Labute approximate surface area is 102 Å². The monoisotopic (exact) mass is 242 g/mol. The molecule has 0 spiro atoms. The van der Waals surface area contributed by atoms with E-state index in [-0.39, 0.29) is 17.9 Å². The number of hydrogen-bond donors (Lipinski definition) is 2. The van der Waals surface area contributed by atoms with E-state index in [9.17, 15) is 9.59 Å². The highest BCUT2D eigenvalue weighted by Crippen LogP contribution is 2.25. The first-order valence-corrected chi connectivity index (χ1v) is 5.82. The van der Waals surface area contributed by atoms with Crippen LogP contribution in [0, 0.1) is 0 Å². The van der Waals surface area contributed by atoms with Crippen molar-refractivity contribution in [1.82, 2.24) is 15.2 Å². The summed E-state index contributed by atoms with van der Waals surface area (Å²) in [6.45, 7) is 7.18. The summed E-state index contributed by atoms with van der Waals surface area (Å²) < 4.78 is 0. The van der Waals surface area contributed by atoms with Crippen molar-refractivity contribution >= 4 is 11.8 Å². The Kier molecular flexibility index (Phi) is 4.11. The van der Waals surface area contributed by atoms with Crippen LogP contribution in [0.25, 0.3) is 0 Å². The first-order valence-electron chi connectivity index (χ1n) is 5.82. The molecule has 98 valence electrons. The maximum atomic E-state index is 12.1. The number of hydrogen-bond acceptors (Lipinski definition) is 4. The summed E-state index contributed by atoms with van der Waals surface area (Å²) in [6.07, 6.45) is 0.303. The normalized spacial score (nSPS) is 22.4. The summed E-state index contributed by atoms with van der Waals surface area (Å²) in [6, 6.07) is -0.00815. The van der Waals surface area contributed by atoms with Crippen molar-refractivity contribution in [2.24, 2.45) is 5.84 Å². The fraction of sp³-hybridized carbons (Fsp3) is 0.818. The van der Waals surface area contributed by atoms with E-state index in [4.69, 9.17) is 5.84 Å². The van der Waals surface area contributed by atoms with E-state index in [0.29, 0.717) is 13.0 Å². The van der Waals surface area contributed by atoms with Gasteiger partial charge >= 0.3 is 0 Å². The summed E-state index contributed by atoms with van der Waals surface area (Å²) in [5, 5.41) is 0. The number of nitrogens with zero attached hydrogens (tertiary/aromatic N) is 2. The summed E-state index contributed by atoms with van der Waals surface area (Å²) >= 11 is 0. The van der Waals surface area contributed by atoms with Crippen molar-refractivity contribution < 1.29 is 9.59 Å². The number of nitrogens with two attached hydrogens (primary N) is 1. The standard InChI is InChI=1S/C11H22N4O2/c1-8(7-9(16)13-12)15-6-5-14(4)10(17)11(15,2)3/h8H,5-7,12H2,1-4H3,(H,13,16). The third-order valence-corrected chi connectivity index (χ3v) is 3.44. The zero-order chi connectivity index (χ0) is 13.2. The first-order chi connectivity index (χ1) is 7.80. The number of carbonyl (C=O) groups excluding carboxylic acids is 2. The van der Waals surface area contributed by atoms with E-state index in [1.807, 2.05) is 20.8 Å².